The van der Waals surface area contributed by atoms with Crippen LogP contribution in [0.2, 0.25) is 0 Å². The van der Waals surface area contributed by atoms with Gasteiger partial charge in [-0.15, -0.1) is 10.2 Å². The molecule has 0 saturated carbocycles. The van der Waals surface area contributed by atoms with Gasteiger partial charge in [0.15, 0.2) is 11.6 Å². The first-order chi connectivity index (χ1) is 13.0. The molecule has 0 saturated heterocycles. The lowest BCUT2D eigenvalue weighted by Gasteiger charge is -2.08. The molecule has 0 atom stereocenters. The second-order valence-electron chi connectivity index (χ2n) is 5.66. The van der Waals surface area contributed by atoms with Crippen LogP contribution in [0.4, 0.5) is 27.4 Å². The third kappa shape index (κ3) is 5.08. The molecular weight excluding hydrogens is 349 g/mol. The molecule has 2 aromatic carbocycles. The number of hydrogen-bond acceptors (Lipinski definition) is 5. The second-order valence-corrected chi connectivity index (χ2v) is 5.66. The lowest BCUT2D eigenvalue weighted by atomic mass is 10.2. The van der Waals surface area contributed by atoms with E-state index in [1.54, 1.807) is 30.3 Å². The zero-order chi connectivity index (χ0) is 19.2. The van der Waals surface area contributed by atoms with Crippen LogP contribution >= 0.6 is 0 Å². The van der Waals surface area contributed by atoms with E-state index in [0.717, 1.165) is 6.07 Å². The van der Waals surface area contributed by atoms with Gasteiger partial charge in [-0.3, -0.25) is 9.59 Å². The maximum Gasteiger partial charge on any atom is 0.256 e. The van der Waals surface area contributed by atoms with Gasteiger partial charge in [0.05, 0.1) is 0 Å². The first-order valence-electron chi connectivity index (χ1n) is 8.05. The molecule has 2 amide bonds. The first-order valence-corrected chi connectivity index (χ1v) is 8.05. The third-order valence-electron chi connectivity index (χ3n) is 3.45. The van der Waals surface area contributed by atoms with Crippen molar-refractivity contribution in [1.29, 1.82) is 0 Å². The zero-order valence-corrected chi connectivity index (χ0v) is 14.4. The maximum atomic E-state index is 13.2. The molecule has 0 aliphatic heterocycles. The molecule has 0 aliphatic carbocycles. The summed E-state index contributed by atoms with van der Waals surface area (Å²) >= 11 is 0. The van der Waals surface area contributed by atoms with Gasteiger partial charge in [0.1, 0.15) is 5.82 Å². The van der Waals surface area contributed by atoms with E-state index >= 15 is 0 Å². The summed E-state index contributed by atoms with van der Waals surface area (Å²) in [4.78, 5) is 23.2. The van der Waals surface area contributed by atoms with Gasteiger partial charge in [0.2, 0.25) is 5.91 Å². The quantitative estimate of drug-likeness (QED) is 0.642. The molecule has 3 N–H and O–H groups in total. The number of benzene rings is 2. The van der Waals surface area contributed by atoms with Crippen molar-refractivity contribution in [2.45, 2.75) is 6.92 Å². The highest BCUT2D eigenvalue weighted by molar-refractivity contribution is 6.03. The van der Waals surface area contributed by atoms with E-state index in [0.29, 0.717) is 17.2 Å². The number of hydrogen-bond donors (Lipinski definition) is 3. The van der Waals surface area contributed by atoms with Gasteiger partial charge in [-0.1, -0.05) is 12.1 Å². The van der Waals surface area contributed by atoms with E-state index < -0.39 is 11.7 Å². The minimum atomic E-state index is -0.491. The molecule has 0 aliphatic rings. The Morgan fingerprint density at radius 2 is 1.56 bits per heavy atom. The van der Waals surface area contributed by atoms with E-state index in [1.807, 2.05) is 6.07 Å². The van der Waals surface area contributed by atoms with E-state index in [4.69, 9.17) is 0 Å². The van der Waals surface area contributed by atoms with Crippen LogP contribution in [-0.2, 0) is 4.79 Å². The summed E-state index contributed by atoms with van der Waals surface area (Å²) in [5, 5.41) is 16.2. The van der Waals surface area contributed by atoms with Crippen LogP contribution in [0.15, 0.2) is 60.7 Å². The Labute approximate surface area is 154 Å². The van der Waals surface area contributed by atoms with Gasteiger partial charge in [-0.2, -0.15) is 0 Å². The molecule has 3 rings (SSSR count). The van der Waals surface area contributed by atoms with Crippen LogP contribution in [0, 0.1) is 5.82 Å². The molecular formula is C19H16FN5O2. The summed E-state index contributed by atoms with van der Waals surface area (Å²) in [7, 11) is 0. The van der Waals surface area contributed by atoms with Gasteiger partial charge in [0, 0.05) is 23.9 Å². The molecule has 7 nitrogen and oxygen atoms in total. The normalized spacial score (nSPS) is 10.1. The molecule has 1 heterocycles. The fourth-order valence-electron chi connectivity index (χ4n) is 2.31. The molecule has 136 valence electrons. The van der Waals surface area contributed by atoms with Crippen molar-refractivity contribution in [2.75, 3.05) is 16.0 Å². The Balaban J connectivity index is 1.65. The summed E-state index contributed by atoms with van der Waals surface area (Å²) in [6.45, 7) is 1.43. The average molecular weight is 365 g/mol. The average Bonchev–Trinajstić information content (AvgIpc) is 2.63. The van der Waals surface area contributed by atoms with Crippen LogP contribution in [0.1, 0.15) is 17.3 Å². The summed E-state index contributed by atoms with van der Waals surface area (Å²) in [5.41, 5.74) is 1.56. The highest BCUT2D eigenvalue weighted by atomic mass is 19.1. The zero-order valence-electron chi connectivity index (χ0n) is 14.4. The standard InChI is InChI=1S/C19H16FN5O2/c1-12(26)21-15-6-3-7-16(11-15)22-17-8-9-18(25-24-17)23-19(27)13-4-2-5-14(20)10-13/h2-11H,1H3,(H,21,26)(H,22,24)(H,23,25,27). The van der Waals surface area contributed by atoms with Gasteiger partial charge in [-0.25, -0.2) is 4.39 Å². The summed E-state index contributed by atoms with van der Waals surface area (Å²) in [5.74, 6) is -0.437. The number of amides is 2. The molecule has 0 fully saturated rings. The van der Waals surface area contributed by atoms with Crippen LogP contribution in [0.3, 0.4) is 0 Å². The number of nitrogens with one attached hydrogen (secondary N) is 3. The van der Waals surface area contributed by atoms with Crippen molar-refractivity contribution in [1.82, 2.24) is 10.2 Å². The van der Waals surface area contributed by atoms with E-state index in [-0.39, 0.29) is 17.3 Å². The fraction of sp³-hybridized carbons (Fsp3) is 0.0526. The Morgan fingerprint density at radius 1 is 0.852 bits per heavy atom. The molecule has 0 radical (unpaired) electrons. The number of halogens is 1. The van der Waals surface area contributed by atoms with Gasteiger partial charge >= 0.3 is 0 Å². The van der Waals surface area contributed by atoms with Gasteiger partial charge in [0.25, 0.3) is 5.91 Å². The van der Waals surface area contributed by atoms with Crippen LogP contribution in [-0.4, -0.2) is 22.0 Å². The SMILES string of the molecule is CC(=O)Nc1cccc(Nc2ccc(NC(=O)c3cccc(F)c3)nn2)c1. The lowest BCUT2D eigenvalue weighted by Crippen LogP contribution is -2.13. The lowest BCUT2D eigenvalue weighted by molar-refractivity contribution is -0.114. The monoisotopic (exact) mass is 365 g/mol. The van der Waals surface area contributed by atoms with E-state index in [2.05, 4.69) is 26.1 Å². The molecule has 0 bridgehead atoms. The highest BCUT2D eigenvalue weighted by Gasteiger charge is 2.08. The molecule has 3 aromatic rings. The summed E-state index contributed by atoms with van der Waals surface area (Å²) < 4.78 is 13.2. The number of rotatable bonds is 5. The fourth-order valence-corrected chi connectivity index (χ4v) is 2.31. The predicted octanol–water partition coefficient (Wildman–Crippen LogP) is 3.57. The number of anilines is 4. The van der Waals surface area contributed by atoms with Crippen LogP contribution < -0.4 is 16.0 Å². The largest absolute Gasteiger partial charge is 0.339 e. The number of nitrogens with zero attached hydrogens (tertiary/aromatic N) is 2. The molecule has 8 heteroatoms. The van der Waals surface area contributed by atoms with Crippen molar-refractivity contribution < 1.29 is 14.0 Å². The maximum absolute atomic E-state index is 13.2. The van der Waals surface area contributed by atoms with Crippen LogP contribution in [0.25, 0.3) is 0 Å². The topological polar surface area (TPSA) is 96.0 Å². The molecule has 27 heavy (non-hydrogen) atoms. The Hall–Kier alpha value is -3.81. The van der Waals surface area contributed by atoms with Crippen molar-refractivity contribution >= 4 is 34.8 Å². The van der Waals surface area contributed by atoms with Crippen molar-refractivity contribution in [2.24, 2.45) is 0 Å². The van der Waals surface area contributed by atoms with Crippen LogP contribution in [0.5, 0.6) is 0 Å². The number of carbonyl (C=O) groups excluding carboxylic acids is 2. The highest BCUT2D eigenvalue weighted by Crippen LogP contribution is 2.19. The number of aromatic nitrogens is 2. The van der Waals surface area contributed by atoms with Gasteiger partial charge < -0.3 is 16.0 Å². The predicted molar refractivity (Wildman–Crippen MR) is 100 cm³/mol. The third-order valence-corrected chi connectivity index (χ3v) is 3.45. The smallest absolute Gasteiger partial charge is 0.256 e. The Kier molecular flexibility index (Phi) is 5.36. The van der Waals surface area contributed by atoms with Gasteiger partial charge in [-0.05, 0) is 48.5 Å². The molecule has 1 aromatic heterocycles. The first kappa shape index (κ1) is 18.0. The van der Waals surface area contributed by atoms with Crippen molar-refractivity contribution in [3.63, 3.8) is 0 Å². The van der Waals surface area contributed by atoms with Crippen molar-refractivity contribution in [3.05, 3.63) is 72.0 Å². The Morgan fingerprint density at radius 3 is 2.26 bits per heavy atom. The molecule has 0 spiro atoms. The minimum Gasteiger partial charge on any atom is -0.339 e. The second kappa shape index (κ2) is 8.05. The van der Waals surface area contributed by atoms with E-state index in [1.165, 1.54) is 25.1 Å². The van der Waals surface area contributed by atoms with E-state index in [9.17, 15) is 14.0 Å². The molecule has 0 unspecified atom stereocenters. The summed E-state index contributed by atoms with van der Waals surface area (Å²) in [6.07, 6.45) is 0. The Bertz CT molecular complexity index is 976. The van der Waals surface area contributed by atoms with Crippen molar-refractivity contribution in [3.8, 4) is 0 Å². The number of carbonyl (C=O) groups is 2. The minimum absolute atomic E-state index is 0.162. The summed E-state index contributed by atoms with van der Waals surface area (Å²) in [6, 6.07) is 15.7.